The van der Waals surface area contributed by atoms with Crippen LogP contribution in [0.3, 0.4) is 0 Å². The first-order valence-electron chi connectivity index (χ1n) is 15.8. The third-order valence-corrected chi connectivity index (χ3v) is 10.6. The maximum Gasteiger partial charge on any atom is 0.236 e. The van der Waals surface area contributed by atoms with E-state index in [1.54, 1.807) is 0 Å². The van der Waals surface area contributed by atoms with E-state index in [2.05, 4.69) is 111 Å². The van der Waals surface area contributed by atoms with Crippen LogP contribution in [0.1, 0.15) is 48.6 Å². The highest BCUT2D eigenvalue weighted by Gasteiger charge is 2.54. The van der Waals surface area contributed by atoms with E-state index in [0.717, 1.165) is 65.2 Å². The molecule has 5 aliphatic rings. The number of fused-ring (bicyclic) bond motifs is 4. The monoisotopic (exact) mass is 548 g/mol. The van der Waals surface area contributed by atoms with Gasteiger partial charge in [0.25, 0.3) is 0 Å². The van der Waals surface area contributed by atoms with Crippen molar-refractivity contribution in [1.29, 1.82) is 0 Å². The van der Waals surface area contributed by atoms with Crippen molar-refractivity contribution in [2.45, 2.75) is 43.1 Å². The van der Waals surface area contributed by atoms with Crippen molar-refractivity contribution < 1.29 is 4.79 Å². The highest BCUT2D eigenvalue weighted by Crippen LogP contribution is 2.55. The molecule has 8 rings (SSSR count). The fourth-order valence-corrected chi connectivity index (χ4v) is 8.51. The number of benzene rings is 3. The summed E-state index contributed by atoms with van der Waals surface area (Å²) in [5, 5.41) is 0. The van der Waals surface area contributed by atoms with Gasteiger partial charge in [0, 0.05) is 50.5 Å². The molecule has 0 aromatic heterocycles. The number of piperazine rings is 1. The van der Waals surface area contributed by atoms with E-state index in [4.69, 9.17) is 0 Å². The predicted molar refractivity (Wildman–Crippen MR) is 166 cm³/mol. The molecule has 2 atom stereocenters. The van der Waals surface area contributed by atoms with Gasteiger partial charge in [0.05, 0.1) is 6.54 Å². The zero-order valence-electron chi connectivity index (χ0n) is 24.3. The van der Waals surface area contributed by atoms with Crippen LogP contribution in [0, 0.1) is 5.92 Å². The Kier molecular flexibility index (Phi) is 7.57. The minimum Gasteiger partial charge on any atom is -0.369 e. The topological polar surface area (TPSA) is 30.0 Å². The number of rotatable bonds is 6. The summed E-state index contributed by atoms with van der Waals surface area (Å²) in [6.07, 6.45) is 4.86. The van der Waals surface area contributed by atoms with Crippen molar-refractivity contribution in [3.05, 3.63) is 102 Å². The van der Waals surface area contributed by atoms with Crippen LogP contribution in [0.2, 0.25) is 0 Å². The quantitative estimate of drug-likeness (QED) is 0.409. The summed E-state index contributed by atoms with van der Waals surface area (Å²) in [6, 6.07) is 33.1. The molecular formula is C36H44N4O. The Hall–Kier alpha value is -3.15. The number of nitrogens with zero attached hydrogens (tertiary/aromatic N) is 4. The van der Waals surface area contributed by atoms with Gasteiger partial charge in [-0.3, -0.25) is 14.6 Å². The Morgan fingerprint density at radius 2 is 1.22 bits per heavy atom. The maximum absolute atomic E-state index is 14.2. The fraction of sp³-hybridized carbons (Fsp3) is 0.472. The van der Waals surface area contributed by atoms with Crippen LogP contribution in [-0.2, 0) is 4.79 Å². The summed E-state index contributed by atoms with van der Waals surface area (Å²) >= 11 is 0. The number of carbonyl (C=O) groups is 1. The molecule has 5 heteroatoms. The normalized spacial score (nSPS) is 29.0. The summed E-state index contributed by atoms with van der Waals surface area (Å²) in [5.74, 6) is 1.68. The van der Waals surface area contributed by atoms with Gasteiger partial charge >= 0.3 is 0 Å². The Bertz CT molecular complexity index is 1240. The Balaban J connectivity index is 1.15. The summed E-state index contributed by atoms with van der Waals surface area (Å²) < 4.78 is 0. The molecule has 41 heavy (non-hydrogen) atoms. The van der Waals surface area contributed by atoms with E-state index in [0.29, 0.717) is 30.2 Å². The lowest BCUT2D eigenvalue weighted by molar-refractivity contribution is -0.134. The van der Waals surface area contributed by atoms with E-state index in [9.17, 15) is 4.79 Å². The second-order valence-corrected chi connectivity index (χ2v) is 12.9. The van der Waals surface area contributed by atoms with Crippen LogP contribution in [0.5, 0.6) is 0 Å². The van der Waals surface area contributed by atoms with Gasteiger partial charge in [0.2, 0.25) is 5.91 Å². The number of hydrogen-bond acceptors (Lipinski definition) is 4. The number of carbonyl (C=O) groups excluding carboxylic acids is 1. The van der Waals surface area contributed by atoms with Crippen LogP contribution >= 0.6 is 0 Å². The highest BCUT2D eigenvalue weighted by molar-refractivity contribution is 5.78. The van der Waals surface area contributed by atoms with Crippen molar-refractivity contribution in [2.75, 3.05) is 63.8 Å². The largest absolute Gasteiger partial charge is 0.369 e. The smallest absolute Gasteiger partial charge is 0.236 e. The van der Waals surface area contributed by atoms with E-state index in [1.807, 2.05) is 0 Å². The molecule has 0 N–H and O–H groups in total. The molecule has 2 bridgehead atoms. The first-order chi connectivity index (χ1) is 20.2. The lowest BCUT2D eigenvalue weighted by Crippen LogP contribution is -2.57. The third kappa shape index (κ3) is 5.42. The molecule has 0 spiro atoms. The molecule has 4 aliphatic heterocycles. The summed E-state index contributed by atoms with van der Waals surface area (Å²) in [4.78, 5) is 24.1. The van der Waals surface area contributed by atoms with Crippen LogP contribution in [0.15, 0.2) is 91.0 Å². The maximum atomic E-state index is 14.2. The molecule has 4 saturated heterocycles. The van der Waals surface area contributed by atoms with Gasteiger partial charge in [0.1, 0.15) is 0 Å². The Labute approximate surface area is 245 Å². The second-order valence-electron chi connectivity index (χ2n) is 12.9. The zero-order valence-corrected chi connectivity index (χ0v) is 24.3. The summed E-state index contributed by atoms with van der Waals surface area (Å²) in [6.45, 7) is 8.43. The fourth-order valence-electron chi connectivity index (χ4n) is 8.51. The molecule has 214 valence electrons. The molecule has 1 aliphatic carbocycles. The van der Waals surface area contributed by atoms with Gasteiger partial charge < -0.3 is 9.80 Å². The molecule has 4 heterocycles. The molecule has 5 nitrogen and oxygen atoms in total. The van der Waals surface area contributed by atoms with Crippen LogP contribution in [-0.4, -0.2) is 85.0 Å². The van der Waals surface area contributed by atoms with Crippen molar-refractivity contribution in [1.82, 2.24) is 14.7 Å². The van der Waals surface area contributed by atoms with Crippen LogP contribution in [0.4, 0.5) is 5.69 Å². The number of likely N-dealkylation sites (tertiary alicyclic amines) is 1. The molecule has 0 radical (unpaired) electrons. The first kappa shape index (κ1) is 26.7. The van der Waals surface area contributed by atoms with E-state index in [1.165, 1.54) is 29.7 Å². The van der Waals surface area contributed by atoms with Crippen LogP contribution in [0.25, 0.3) is 0 Å². The molecule has 1 amide bonds. The average molecular weight is 549 g/mol. The zero-order chi connectivity index (χ0) is 27.6. The number of anilines is 1. The summed E-state index contributed by atoms with van der Waals surface area (Å²) in [5.41, 5.74) is 4.22. The van der Waals surface area contributed by atoms with Crippen molar-refractivity contribution in [2.24, 2.45) is 5.92 Å². The molecule has 3 aromatic carbocycles. The van der Waals surface area contributed by atoms with Crippen molar-refractivity contribution >= 4 is 11.6 Å². The Morgan fingerprint density at radius 1 is 0.683 bits per heavy atom. The lowest BCUT2D eigenvalue weighted by atomic mass is 9.61. The van der Waals surface area contributed by atoms with Crippen LogP contribution < -0.4 is 4.90 Å². The molecule has 3 aromatic rings. The average Bonchev–Trinajstić information content (AvgIpc) is 3.47. The van der Waals surface area contributed by atoms with Gasteiger partial charge in [-0.05, 0) is 79.8 Å². The van der Waals surface area contributed by atoms with E-state index < -0.39 is 0 Å². The van der Waals surface area contributed by atoms with Crippen molar-refractivity contribution in [3.63, 3.8) is 0 Å². The highest BCUT2D eigenvalue weighted by atomic mass is 16.2. The van der Waals surface area contributed by atoms with Gasteiger partial charge in [-0.1, -0.05) is 78.9 Å². The Morgan fingerprint density at radius 3 is 1.78 bits per heavy atom. The second kappa shape index (κ2) is 11.6. The number of amides is 1. The molecule has 5 fully saturated rings. The predicted octanol–water partition coefficient (Wildman–Crippen LogP) is 5.46. The number of para-hydroxylation sites is 1. The minimum atomic E-state index is 0.0339. The van der Waals surface area contributed by atoms with Gasteiger partial charge in [-0.25, -0.2) is 0 Å². The standard InChI is InChI=1S/C36H44N4O/c41-35(27-37-20-22-38(23-21-37)31-16-8-3-9-17-31)39-26-34-32(29-12-4-1-5-13-29)24-36(28-39,40-18-10-11-19-40)25-33(34)30-14-6-2-7-15-30/h1-9,12-17,32-34H,10-11,18-28H2. The lowest BCUT2D eigenvalue weighted by Gasteiger charge is -2.50. The van der Waals surface area contributed by atoms with Gasteiger partial charge in [-0.2, -0.15) is 0 Å². The SMILES string of the molecule is O=C(CN1CCN(c2ccccc2)CC1)N1CC2C(c3ccccc3)CC(N3CCCC3)(CC2c2ccccc2)C1. The molecular weight excluding hydrogens is 504 g/mol. The van der Waals surface area contributed by atoms with Gasteiger partial charge in [0.15, 0.2) is 0 Å². The first-order valence-corrected chi connectivity index (χ1v) is 15.8. The van der Waals surface area contributed by atoms with Gasteiger partial charge in [-0.15, -0.1) is 0 Å². The number of hydrogen-bond donors (Lipinski definition) is 0. The molecule has 2 unspecified atom stereocenters. The minimum absolute atomic E-state index is 0.0339. The third-order valence-electron chi connectivity index (χ3n) is 10.6. The summed E-state index contributed by atoms with van der Waals surface area (Å²) in [7, 11) is 0. The van der Waals surface area contributed by atoms with E-state index in [-0.39, 0.29) is 5.54 Å². The van der Waals surface area contributed by atoms with E-state index >= 15 is 0 Å². The van der Waals surface area contributed by atoms with Crippen molar-refractivity contribution in [3.8, 4) is 0 Å². The molecule has 1 saturated carbocycles.